The first-order chi connectivity index (χ1) is 14.3. The van der Waals surface area contributed by atoms with E-state index in [1.807, 2.05) is 0 Å². The third kappa shape index (κ3) is 5.55. The Morgan fingerprint density at radius 2 is 1.61 bits per heavy atom. The standard InChI is InChI=1S/C19H21Si.C10H15.2ClH.Zr/c1-2-12-20(13-7-14-20)19-17-10-5-3-8-15(17)16-9-4-6-11-18(16)19;1-7-6-10(4,5)9(3)8(7)2;;;/h3-6,8-10,19H,2,7,12-14H2,1H3;1-5H3;2*1H;/q2*-1;;;+4/p-2. The van der Waals surface area contributed by atoms with Crippen LogP contribution in [0.4, 0.5) is 0 Å². The maximum atomic E-state index is 3.61. The fraction of sp³-hybridized carbons (Fsp3) is 0.448. The van der Waals surface area contributed by atoms with Crippen LogP contribution < -0.4 is 24.8 Å². The van der Waals surface area contributed by atoms with Gasteiger partial charge in [0.05, 0.1) is 8.07 Å². The molecule has 1 heterocycles. The Kier molecular flexibility index (Phi) is 11.2. The van der Waals surface area contributed by atoms with Crippen LogP contribution in [-0.2, 0) is 26.2 Å². The van der Waals surface area contributed by atoms with Gasteiger partial charge >= 0.3 is 26.2 Å². The maximum absolute atomic E-state index is 3.61. The third-order valence-corrected chi connectivity index (χ3v) is 14.0. The van der Waals surface area contributed by atoms with Crippen LogP contribution in [0.2, 0.25) is 18.1 Å². The summed E-state index contributed by atoms with van der Waals surface area (Å²) in [5, 5.41) is 0. The number of fused-ring (bicyclic) bond motifs is 3. The van der Waals surface area contributed by atoms with Gasteiger partial charge < -0.3 is 24.8 Å². The zero-order valence-corrected chi connectivity index (χ0v) is 25.9. The molecule has 0 nitrogen and oxygen atoms in total. The van der Waals surface area contributed by atoms with Crippen LogP contribution in [0.1, 0.15) is 71.1 Å². The largest absolute Gasteiger partial charge is 4.00 e. The van der Waals surface area contributed by atoms with E-state index in [4.69, 9.17) is 0 Å². The summed E-state index contributed by atoms with van der Waals surface area (Å²) in [6.45, 7) is 13.3. The van der Waals surface area contributed by atoms with Crippen molar-refractivity contribution in [2.75, 3.05) is 0 Å². The second-order valence-corrected chi connectivity index (χ2v) is 14.9. The summed E-state index contributed by atoms with van der Waals surface area (Å²) in [5.74, 6) is 0. The Hall–Kier alpha value is -0.400. The average molecular weight is 575 g/mol. The van der Waals surface area contributed by atoms with E-state index < -0.39 is 8.07 Å². The molecule has 1 unspecified atom stereocenters. The second-order valence-electron chi connectivity index (χ2n) is 10.1. The second kappa shape index (κ2) is 12.0. The molecule has 5 rings (SSSR count). The number of allylic oxidation sites excluding steroid dienone is 4. The Balaban J connectivity index is 0.000000364. The van der Waals surface area contributed by atoms with Crippen molar-refractivity contribution in [2.24, 2.45) is 5.41 Å². The molecule has 0 spiro atoms. The van der Waals surface area contributed by atoms with Gasteiger partial charge in [0.25, 0.3) is 0 Å². The third-order valence-electron chi connectivity index (χ3n) is 8.01. The molecule has 0 radical (unpaired) electrons. The Labute approximate surface area is 234 Å². The Bertz CT molecular complexity index is 972. The van der Waals surface area contributed by atoms with Gasteiger partial charge in [-0.3, -0.25) is 6.08 Å². The Morgan fingerprint density at radius 1 is 0.970 bits per heavy atom. The van der Waals surface area contributed by atoms with Gasteiger partial charge in [0.1, 0.15) is 0 Å². The van der Waals surface area contributed by atoms with Crippen molar-refractivity contribution in [2.45, 2.75) is 78.1 Å². The summed E-state index contributed by atoms with van der Waals surface area (Å²) in [4.78, 5) is 0. The molecule has 1 saturated heterocycles. The summed E-state index contributed by atoms with van der Waals surface area (Å²) >= 11 is 0. The summed E-state index contributed by atoms with van der Waals surface area (Å²) < 4.78 is 0. The predicted octanol–water partition coefficient (Wildman–Crippen LogP) is 2.52. The van der Waals surface area contributed by atoms with Crippen molar-refractivity contribution < 1.29 is 51.0 Å². The van der Waals surface area contributed by atoms with Crippen molar-refractivity contribution in [1.82, 2.24) is 0 Å². The van der Waals surface area contributed by atoms with E-state index in [1.54, 1.807) is 5.56 Å². The number of halogens is 2. The molecule has 0 amide bonds. The number of rotatable bonds is 3. The van der Waals surface area contributed by atoms with Crippen molar-refractivity contribution in [3.05, 3.63) is 82.5 Å². The minimum atomic E-state index is -1.14. The molecule has 0 N–H and O–H groups in total. The maximum Gasteiger partial charge on any atom is 4.00 e. The molecule has 2 aromatic carbocycles. The van der Waals surface area contributed by atoms with Crippen molar-refractivity contribution >= 4 is 8.07 Å². The van der Waals surface area contributed by atoms with Crippen LogP contribution in [0.25, 0.3) is 11.1 Å². The van der Waals surface area contributed by atoms with Gasteiger partial charge in [-0.05, 0) is 11.1 Å². The van der Waals surface area contributed by atoms with Crippen LogP contribution in [0.5, 0.6) is 0 Å². The molecule has 1 aliphatic heterocycles. The molecular formula is C29H36Cl2SiZr. The van der Waals surface area contributed by atoms with Gasteiger partial charge in [0, 0.05) is 0 Å². The molecule has 1 atom stereocenters. The van der Waals surface area contributed by atoms with Crippen LogP contribution in [0.3, 0.4) is 0 Å². The van der Waals surface area contributed by atoms with Gasteiger partial charge in [-0.15, -0.1) is 18.1 Å². The topological polar surface area (TPSA) is 0 Å². The number of hydrogen-bond donors (Lipinski definition) is 0. The molecule has 3 aliphatic rings. The molecule has 0 saturated carbocycles. The van der Waals surface area contributed by atoms with Crippen molar-refractivity contribution in [3.63, 3.8) is 0 Å². The smallest absolute Gasteiger partial charge is 1.00 e. The van der Waals surface area contributed by atoms with E-state index in [2.05, 4.69) is 96.1 Å². The summed E-state index contributed by atoms with van der Waals surface area (Å²) in [5.41, 5.74) is 11.2. The zero-order chi connectivity index (χ0) is 21.5. The van der Waals surface area contributed by atoms with E-state index in [0.29, 0.717) is 0 Å². The molecule has 2 aliphatic carbocycles. The molecule has 1 fully saturated rings. The van der Waals surface area contributed by atoms with Crippen molar-refractivity contribution in [3.8, 4) is 11.1 Å². The predicted molar refractivity (Wildman–Crippen MR) is 132 cm³/mol. The van der Waals surface area contributed by atoms with Crippen LogP contribution in [0, 0.1) is 17.6 Å². The molecule has 0 aromatic heterocycles. The molecule has 33 heavy (non-hydrogen) atoms. The van der Waals surface area contributed by atoms with Gasteiger partial charge in [-0.1, -0.05) is 101 Å². The van der Waals surface area contributed by atoms with E-state index >= 15 is 0 Å². The molecular weight excluding hydrogens is 539 g/mol. The van der Waals surface area contributed by atoms with Gasteiger partial charge in [0.2, 0.25) is 0 Å². The fourth-order valence-corrected chi connectivity index (χ4v) is 11.3. The first-order valence-corrected chi connectivity index (χ1v) is 14.4. The summed E-state index contributed by atoms with van der Waals surface area (Å²) in [7, 11) is -1.14. The van der Waals surface area contributed by atoms with Gasteiger partial charge in [-0.25, -0.2) is 5.57 Å². The molecule has 2 aromatic rings. The monoisotopic (exact) mass is 572 g/mol. The quantitative estimate of drug-likeness (QED) is 0.391. The van der Waals surface area contributed by atoms with E-state index in [0.717, 1.165) is 5.54 Å². The normalized spacial score (nSPS) is 20.4. The number of hydrogen-bond acceptors (Lipinski definition) is 0. The SMILES string of the molecule is CC1=[C-]C(C)(C)C(C)=C1C.CCC[Si]1(C2c3[c-]cccc3-c3ccccc32)CCC1.[Cl-].[Cl-].[Zr+4]. The zero-order valence-electron chi connectivity index (χ0n) is 20.9. The summed E-state index contributed by atoms with van der Waals surface area (Å²) in [6.07, 6.45) is 6.25. The fourth-order valence-electron chi connectivity index (χ4n) is 5.93. The van der Waals surface area contributed by atoms with Crippen LogP contribution in [-0.4, -0.2) is 8.07 Å². The molecule has 0 bridgehead atoms. The first-order valence-electron chi connectivity index (χ1n) is 11.7. The number of benzene rings is 2. The Morgan fingerprint density at radius 3 is 2.09 bits per heavy atom. The van der Waals surface area contributed by atoms with E-state index in [9.17, 15) is 0 Å². The van der Waals surface area contributed by atoms with Crippen LogP contribution >= 0.6 is 0 Å². The minimum Gasteiger partial charge on any atom is -1.00 e. The summed E-state index contributed by atoms with van der Waals surface area (Å²) in [6, 6.07) is 23.8. The van der Waals surface area contributed by atoms with Gasteiger partial charge in [-0.2, -0.15) is 35.4 Å². The minimum absolute atomic E-state index is 0. The van der Waals surface area contributed by atoms with Gasteiger partial charge in [0.15, 0.2) is 0 Å². The average Bonchev–Trinajstić information content (AvgIpc) is 3.13. The van der Waals surface area contributed by atoms with Crippen LogP contribution in [0.15, 0.2) is 59.2 Å². The van der Waals surface area contributed by atoms with E-state index in [-0.39, 0.29) is 56.4 Å². The molecule has 4 heteroatoms. The van der Waals surface area contributed by atoms with E-state index in [1.165, 1.54) is 64.4 Å². The molecule has 174 valence electrons. The van der Waals surface area contributed by atoms with Crippen molar-refractivity contribution in [1.29, 1.82) is 0 Å². The first kappa shape index (κ1) is 30.6.